The molecule has 0 aliphatic rings. The van der Waals surface area contributed by atoms with Crippen molar-refractivity contribution >= 4 is 43.3 Å². The number of benzene rings is 3. The largest absolute Gasteiger partial charge is 0.241 e. The second kappa shape index (κ2) is 8.67. The summed E-state index contributed by atoms with van der Waals surface area (Å²) in [6.07, 6.45) is 0. The number of thiazole rings is 1. The third kappa shape index (κ3) is 4.53. The van der Waals surface area contributed by atoms with Gasteiger partial charge in [-0.3, -0.25) is 0 Å². The molecule has 1 aromatic heterocycles. The van der Waals surface area contributed by atoms with E-state index in [-0.39, 0.29) is 4.90 Å². The third-order valence-electron chi connectivity index (χ3n) is 4.46. The minimum atomic E-state index is -3.73. The monoisotopic (exact) mass is 440 g/mol. The first-order valence-corrected chi connectivity index (χ1v) is 12.5. The smallest absolute Gasteiger partial charge is 0.230 e. The molecule has 3 aromatic carbocycles. The standard InChI is InChI=1S/C22H20N2O2S3/c1-2-27-22-23-19-14-13-18(15-20(19)28-22)29(25,26)24-21(16-9-5-3-6-10-16)17-11-7-4-8-12-17/h3-15,21,24H,2H2,1H3. The van der Waals surface area contributed by atoms with Crippen molar-refractivity contribution in [3.05, 3.63) is 90.0 Å². The molecule has 0 unspecified atom stereocenters. The summed E-state index contributed by atoms with van der Waals surface area (Å²) >= 11 is 3.19. The molecule has 1 heterocycles. The fourth-order valence-corrected chi connectivity index (χ4v) is 6.40. The molecule has 0 radical (unpaired) electrons. The number of rotatable bonds is 7. The lowest BCUT2D eigenvalue weighted by Gasteiger charge is -2.20. The zero-order chi connectivity index (χ0) is 20.3. The van der Waals surface area contributed by atoms with Crippen molar-refractivity contribution in [3.63, 3.8) is 0 Å². The van der Waals surface area contributed by atoms with Gasteiger partial charge in [-0.1, -0.05) is 79.3 Å². The lowest BCUT2D eigenvalue weighted by Crippen LogP contribution is -2.29. The van der Waals surface area contributed by atoms with Gasteiger partial charge < -0.3 is 0 Å². The summed E-state index contributed by atoms with van der Waals surface area (Å²) in [6, 6.07) is 23.9. The van der Waals surface area contributed by atoms with E-state index in [9.17, 15) is 8.42 Å². The van der Waals surface area contributed by atoms with Crippen molar-refractivity contribution in [2.45, 2.75) is 22.2 Å². The quantitative estimate of drug-likeness (QED) is 0.387. The van der Waals surface area contributed by atoms with Crippen LogP contribution in [0.1, 0.15) is 24.1 Å². The highest BCUT2D eigenvalue weighted by molar-refractivity contribution is 8.01. The number of fused-ring (bicyclic) bond motifs is 1. The number of nitrogens with one attached hydrogen (secondary N) is 1. The van der Waals surface area contributed by atoms with Crippen molar-refractivity contribution in [1.82, 2.24) is 9.71 Å². The average molecular weight is 441 g/mol. The van der Waals surface area contributed by atoms with E-state index in [1.807, 2.05) is 60.7 Å². The number of sulfonamides is 1. The number of nitrogens with zero attached hydrogens (tertiary/aromatic N) is 1. The van der Waals surface area contributed by atoms with Gasteiger partial charge in [0, 0.05) is 0 Å². The summed E-state index contributed by atoms with van der Waals surface area (Å²) in [5.74, 6) is 0.933. The lowest BCUT2D eigenvalue weighted by atomic mass is 10.00. The van der Waals surface area contributed by atoms with Gasteiger partial charge in [-0.2, -0.15) is 4.72 Å². The summed E-state index contributed by atoms with van der Waals surface area (Å²) in [7, 11) is -3.73. The second-order valence-corrected chi connectivity index (χ2v) is 10.7. The van der Waals surface area contributed by atoms with Gasteiger partial charge in [0.15, 0.2) is 4.34 Å². The van der Waals surface area contributed by atoms with Crippen molar-refractivity contribution in [3.8, 4) is 0 Å². The molecule has 7 heteroatoms. The summed E-state index contributed by atoms with van der Waals surface area (Å²) in [5, 5.41) is 0. The SMILES string of the molecule is CCSc1nc2ccc(S(=O)(=O)NC(c3ccccc3)c3ccccc3)cc2s1. The van der Waals surface area contributed by atoms with E-state index < -0.39 is 16.1 Å². The minimum Gasteiger partial charge on any atom is -0.230 e. The van der Waals surface area contributed by atoms with Gasteiger partial charge in [0.2, 0.25) is 10.0 Å². The normalized spacial score (nSPS) is 11.9. The Bertz CT molecular complexity index is 1170. The molecule has 4 nitrogen and oxygen atoms in total. The molecule has 0 atom stereocenters. The summed E-state index contributed by atoms with van der Waals surface area (Å²) in [5.41, 5.74) is 2.61. The zero-order valence-electron chi connectivity index (χ0n) is 15.8. The van der Waals surface area contributed by atoms with E-state index in [4.69, 9.17) is 0 Å². The highest BCUT2D eigenvalue weighted by Crippen LogP contribution is 2.31. The number of hydrogen-bond acceptors (Lipinski definition) is 5. The van der Waals surface area contributed by atoms with E-state index in [0.717, 1.165) is 31.4 Å². The van der Waals surface area contributed by atoms with Crippen LogP contribution in [-0.2, 0) is 10.0 Å². The first-order chi connectivity index (χ1) is 14.1. The van der Waals surface area contributed by atoms with E-state index >= 15 is 0 Å². The molecule has 0 aliphatic heterocycles. The minimum absolute atomic E-state index is 0.249. The van der Waals surface area contributed by atoms with Crippen LogP contribution in [0, 0.1) is 0 Å². The van der Waals surface area contributed by atoms with Crippen LogP contribution in [0.2, 0.25) is 0 Å². The molecule has 0 spiro atoms. The summed E-state index contributed by atoms with van der Waals surface area (Å²) in [4.78, 5) is 4.80. The van der Waals surface area contributed by atoms with E-state index in [0.29, 0.717) is 0 Å². The molecule has 0 amide bonds. The number of thioether (sulfide) groups is 1. The van der Waals surface area contributed by atoms with Gasteiger partial charge in [0.1, 0.15) is 0 Å². The van der Waals surface area contributed by atoms with Gasteiger partial charge in [0.05, 0.1) is 21.2 Å². The molecule has 4 aromatic rings. The molecule has 0 bridgehead atoms. The Morgan fingerprint density at radius 3 is 2.17 bits per heavy atom. The molecule has 0 fully saturated rings. The molecular weight excluding hydrogens is 420 g/mol. The predicted molar refractivity (Wildman–Crippen MR) is 121 cm³/mol. The van der Waals surface area contributed by atoms with Crippen molar-refractivity contribution < 1.29 is 8.42 Å². The van der Waals surface area contributed by atoms with Crippen LogP contribution in [0.4, 0.5) is 0 Å². The molecule has 4 rings (SSSR count). The molecule has 1 N–H and O–H groups in total. The van der Waals surface area contributed by atoms with Crippen LogP contribution in [0.3, 0.4) is 0 Å². The molecule has 29 heavy (non-hydrogen) atoms. The lowest BCUT2D eigenvalue weighted by molar-refractivity contribution is 0.572. The van der Waals surface area contributed by atoms with Crippen LogP contribution in [0.5, 0.6) is 0 Å². The van der Waals surface area contributed by atoms with Gasteiger partial charge in [-0.25, -0.2) is 13.4 Å². The first kappa shape index (κ1) is 20.1. The maximum absolute atomic E-state index is 13.2. The highest BCUT2D eigenvalue weighted by Gasteiger charge is 2.23. The van der Waals surface area contributed by atoms with E-state index in [1.165, 1.54) is 11.3 Å². The number of aromatic nitrogens is 1. The fraction of sp³-hybridized carbons (Fsp3) is 0.136. The Hall–Kier alpha value is -2.19. The van der Waals surface area contributed by atoms with Gasteiger partial charge in [-0.15, -0.1) is 11.3 Å². The topological polar surface area (TPSA) is 59.1 Å². The van der Waals surface area contributed by atoms with Crippen LogP contribution < -0.4 is 4.72 Å². The van der Waals surface area contributed by atoms with Gasteiger partial charge >= 0.3 is 0 Å². The predicted octanol–water partition coefficient (Wildman–Crippen LogP) is 5.48. The molecule has 0 aliphatic carbocycles. The maximum Gasteiger partial charge on any atom is 0.241 e. The summed E-state index contributed by atoms with van der Waals surface area (Å²) in [6.45, 7) is 2.07. The third-order valence-corrected chi connectivity index (χ3v) is 7.92. The van der Waals surface area contributed by atoms with Gasteiger partial charge in [0.25, 0.3) is 0 Å². The van der Waals surface area contributed by atoms with Gasteiger partial charge in [-0.05, 0) is 35.1 Å². The molecule has 0 saturated carbocycles. The fourth-order valence-electron chi connectivity index (χ4n) is 3.08. The van der Waals surface area contributed by atoms with Crippen LogP contribution in [0.25, 0.3) is 10.2 Å². The van der Waals surface area contributed by atoms with Crippen LogP contribution in [0.15, 0.2) is 88.1 Å². The Kier molecular flexibility index (Phi) is 6.01. The van der Waals surface area contributed by atoms with Crippen LogP contribution in [-0.4, -0.2) is 19.2 Å². The Balaban J connectivity index is 1.70. The Labute approximate surface area is 179 Å². The zero-order valence-corrected chi connectivity index (χ0v) is 18.2. The maximum atomic E-state index is 13.2. The molecule has 148 valence electrons. The summed E-state index contributed by atoms with van der Waals surface area (Å²) < 4.78 is 31.2. The Morgan fingerprint density at radius 1 is 0.966 bits per heavy atom. The first-order valence-electron chi connectivity index (χ1n) is 9.22. The van der Waals surface area contributed by atoms with Crippen molar-refractivity contribution in [2.75, 3.05) is 5.75 Å². The number of hydrogen-bond donors (Lipinski definition) is 1. The van der Waals surface area contributed by atoms with E-state index in [2.05, 4.69) is 16.6 Å². The van der Waals surface area contributed by atoms with Crippen molar-refractivity contribution in [1.29, 1.82) is 0 Å². The van der Waals surface area contributed by atoms with Crippen LogP contribution >= 0.6 is 23.1 Å². The van der Waals surface area contributed by atoms with Crippen molar-refractivity contribution in [2.24, 2.45) is 0 Å². The molecular formula is C22H20N2O2S3. The molecule has 0 saturated heterocycles. The Morgan fingerprint density at radius 2 is 1.59 bits per heavy atom. The highest BCUT2D eigenvalue weighted by atomic mass is 32.2. The van der Waals surface area contributed by atoms with E-state index in [1.54, 1.807) is 30.0 Å². The average Bonchev–Trinajstić information content (AvgIpc) is 3.15. The second-order valence-electron chi connectivity index (χ2n) is 6.42.